The van der Waals surface area contributed by atoms with Crippen molar-refractivity contribution in [1.29, 1.82) is 0 Å². The normalized spacial score (nSPS) is 14.1. The number of carbonyl (C=O) groups is 3. The number of anilines is 2. The molecule has 8 heteroatoms. The molecular formula is C25H32N4O4. The quantitative estimate of drug-likeness (QED) is 0.506. The van der Waals surface area contributed by atoms with E-state index < -0.39 is 5.97 Å². The molecule has 8 nitrogen and oxygen atoms in total. The standard InChI is InChI=1S/C25H32N4O4/c1-3-4-11-26-23(30)17-28-12-14-29(15-13-28)22-10-9-19(25(32)33)16-21(22)27-24(31)20-8-6-5-7-18(20)2/h5-10,16H,3-4,11-15,17H2,1-2H3,(H,26,30)(H,27,31)(H,32,33). The summed E-state index contributed by atoms with van der Waals surface area (Å²) in [6.07, 6.45) is 2.02. The molecule has 1 aliphatic heterocycles. The third-order valence-electron chi connectivity index (χ3n) is 5.81. The maximum Gasteiger partial charge on any atom is 0.335 e. The van der Waals surface area contributed by atoms with Crippen LogP contribution in [0.5, 0.6) is 0 Å². The monoisotopic (exact) mass is 452 g/mol. The van der Waals surface area contributed by atoms with E-state index in [4.69, 9.17) is 0 Å². The van der Waals surface area contributed by atoms with Crippen LogP contribution in [0.4, 0.5) is 11.4 Å². The fourth-order valence-electron chi connectivity index (χ4n) is 3.87. The van der Waals surface area contributed by atoms with Gasteiger partial charge in [0.25, 0.3) is 5.91 Å². The molecule has 2 aromatic carbocycles. The fraction of sp³-hybridized carbons (Fsp3) is 0.400. The van der Waals surface area contributed by atoms with Crippen LogP contribution in [-0.4, -0.2) is 67.1 Å². The van der Waals surface area contributed by atoms with Crippen molar-refractivity contribution in [2.45, 2.75) is 26.7 Å². The van der Waals surface area contributed by atoms with E-state index >= 15 is 0 Å². The van der Waals surface area contributed by atoms with E-state index in [0.717, 1.165) is 24.1 Å². The van der Waals surface area contributed by atoms with Gasteiger partial charge in [-0.3, -0.25) is 14.5 Å². The van der Waals surface area contributed by atoms with Gasteiger partial charge < -0.3 is 20.6 Å². The number of nitrogens with zero attached hydrogens (tertiary/aromatic N) is 2. The highest BCUT2D eigenvalue weighted by molar-refractivity contribution is 6.07. The van der Waals surface area contributed by atoms with Crippen LogP contribution in [0.25, 0.3) is 0 Å². The third-order valence-corrected chi connectivity index (χ3v) is 5.81. The molecule has 1 saturated heterocycles. The van der Waals surface area contributed by atoms with Crippen LogP contribution in [-0.2, 0) is 4.79 Å². The number of aryl methyl sites for hydroxylation is 1. The molecule has 0 radical (unpaired) electrons. The Morgan fingerprint density at radius 2 is 1.76 bits per heavy atom. The Kier molecular flexibility index (Phi) is 8.43. The van der Waals surface area contributed by atoms with Gasteiger partial charge in [-0.25, -0.2) is 4.79 Å². The van der Waals surface area contributed by atoms with Crippen molar-refractivity contribution < 1.29 is 19.5 Å². The van der Waals surface area contributed by atoms with Crippen molar-refractivity contribution >= 4 is 29.2 Å². The van der Waals surface area contributed by atoms with Gasteiger partial charge >= 0.3 is 5.97 Å². The van der Waals surface area contributed by atoms with Crippen molar-refractivity contribution in [3.63, 3.8) is 0 Å². The first kappa shape index (κ1) is 24.3. The predicted octanol–water partition coefficient (Wildman–Crippen LogP) is 2.98. The average Bonchev–Trinajstić information content (AvgIpc) is 2.80. The van der Waals surface area contributed by atoms with E-state index in [9.17, 15) is 19.5 Å². The van der Waals surface area contributed by atoms with Crippen LogP contribution >= 0.6 is 0 Å². The van der Waals surface area contributed by atoms with E-state index in [1.54, 1.807) is 24.3 Å². The molecule has 0 unspecified atom stereocenters. The number of aromatic carboxylic acids is 1. The maximum absolute atomic E-state index is 12.9. The smallest absolute Gasteiger partial charge is 0.335 e. The summed E-state index contributed by atoms with van der Waals surface area (Å²) in [6, 6.07) is 12.1. The van der Waals surface area contributed by atoms with Gasteiger partial charge in [0, 0.05) is 38.3 Å². The zero-order chi connectivity index (χ0) is 23.8. The molecular weight excluding hydrogens is 420 g/mol. The second-order valence-corrected chi connectivity index (χ2v) is 8.27. The molecule has 2 amide bonds. The first-order valence-electron chi connectivity index (χ1n) is 11.4. The summed E-state index contributed by atoms with van der Waals surface area (Å²) >= 11 is 0. The van der Waals surface area contributed by atoms with E-state index in [2.05, 4.69) is 27.4 Å². The zero-order valence-corrected chi connectivity index (χ0v) is 19.3. The average molecular weight is 453 g/mol. The number of hydrogen-bond donors (Lipinski definition) is 3. The van der Waals surface area contributed by atoms with Crippen molar-refractivity contribution in [3.05, 3.63) is 59.2 Å². The summed E-state index contributed by atoms with van der Waals surface area (Å²) in [5, 5.41) is 15.3. The van der Waals surface area contributed by atoms with Gasteiger partial charge in [0.15, 0.2) is 0 Å². The minimum Gasteiger partial charge on any atom is -0.478 e. The fourth-order valence-corrected chi connectivity index (χ4v) is 3.87. The molecule has 176 valence electrons. The summed E-state index contributed by atoms with van der Waals surface area (Å²) in [5.41, 5.74) is 2.74. The number of rotatable bonds is 9. The lowest BCUT2D eigenvalue weighted by atomic mass is 10.1. The number of amides is 2. The summed E-state index contributed by atoms with van der Waals surface area (Å²) in [5.74, 6) is -1.29. The number of benzene rings is 2. The Bertz CT molecular complexity index is 1000. The van der Waals surface area contributed by atoms with Crippen LogP contribution in [0.15, 0.2) is 42.5 Å². The molecule has 2 aromatic rings. The highest BCUT2D eigenvalue weighted by Gasteiger charge is 2.22. The summed E-state index contributed by atoms with van der Waals surface area (Å²) < 4.78 is 0. The number of carbonyl (C=O) groups excluding carboxylic acids is 2. The van der Waals surface area contributed by atoms with Crippen LogP contribution in [0, 0.1) is 6.92 Å². The second kappa shape index (κ2) is 11.5. The molecule has 0 saturated carbocycles. The molecule has 0 aromatic heterocycles. The van der Waals surface area contributed by atoms with E-state index in [0.29, 0.717) is 50.5 Å². The lowest BCUT2D eigenvalue weighted by Gasteiger charge is -2.36. The van der Waals surface area contributed by atoms with Gasteiger partial charge in [0.1, 0.15) is 0 Å². The molecule has 33 heavy (non-hydrogen) atoms. The lowest BCUT2D eigenvalue weighted by molar-refractivity contribution is -0.122. The summed E-state index contributed by atoms with van der Waals surface area (Å²) in [4.78, 5) is 40.8. The Morgan fingerprint density at radius 1 is 1.03 bits per heavy atom. The van der Waals surface area contributed by atoms with E-state index in [1.165, 1.54) is 6.07 Å². The minimum absolute atomic E-state index is 0.0360. The minimum atomic E-state index is -1.05. The third kappa shape index (κ3) is 6.55. The number of carboxylic acid groups (broad SMARTS) is 1. The molecule has 1 heterocycles. The number of unbranched alkanes of at least 4 members (excludes halogenated alkanes) is 1. The first-order chi connectivity index (χ1) is 15.9. The van der Waals surface area contributed by atoms with Crippen LogP contribution in [0.3, 0.4) is 0 Å². The highest BCUT2D eigenvalue weighted by Crippen LogP contribution is 2.29. The van der Waals surface area contributed by atoms with Gasteiger partial charge in [-0.05, 0) is 43.2 Å². The Labute approximate surface area is 194 Å². The maximum atomic E-state index is 12.9. The predicted molar refractivity (Wildman–Crippen MR) is 129 cm³/mol. The van der Waals surface area contributed by atoms with Crippen molar-refractivity contribution in [3.8, 4) is 0 Å². The van der Waals surface area contributed by atoms with Gasteiger partial charge in [-0.2, -0.15) is 0 Å². The Balaban J connectivity index is 1.70. The molecule has 1 fully saturated rings. The van der Waals surface area contributed by atoms with Crippen LogP contribution in [0.2, 0.25) is 0 Å². The lowest BCUT2D eigenvalue weighted by Crippen LogP contribution is -2.49. The van der Waals surface area contributed by atoms with Gasteiger partial charge in [-0.1, -0.05) is 31.5 Å². The summed E-state index contributed by atoms with van der Waals surface area (Å²) in [7, 11) is 0. The van der Waals surface area contributed by atoms with Crippen molar-refractivity contribution in [1.82, 2.24) is 10.2 Å². The zero-order valence-electron chi connectivity index (χ0n) is 19.3. The van der Waals surface area contributed by atoms with E-state index in [-0.39, 0.29) is 17.4 Å². The molecule has 1 aliphatic rings. The first-order valence-corrected chi connectivity index (χ1v) is 11.4. The molecule has 0 bridgehead atoms. The second-order valence-electron chi connectivity index (χ2n) is 8.27. The van der Waals surface area contributed by atoms with Gasteiger partial charge in [-0.15, -0.1) is 0 Å². The molecule has 3 N–H and O–H groups in total. The molecule has 3 rings (SSSR count). The van der Waals surface area contributed by atoms with Crippen LogP contribution in [0.1, 0.15) is 46.0 Å². The number of piperazine rings is 1. The topological polar surface area (TPSA) is 102 Å². The number of carboxylic acids is 1. The molecule has 0 aliphatic carbocycles. The van der Waals surface area contributed by atoms with Crippen LogP contribution < -0.4 is 15.5 Å². The Morgan fingerprint density at radius 3 is 2.42 bits per heavy atom. The largest absolute Gasteiger partial charge is 0.478 e. The van der Waals surface area contributed by atoms with Crippen molar-refractivity contribution in [2.75, 3.05) is 49.5 Å². The highest BCUT2D eigenvalue weighted by atomic mass is 16.4. The Hall–Kier alpha value is -3.39. The number of hydrogen-bond acceptors (Lipinski definition) is 5. The van der Waals surface area contributed by atoms with Gasteiger partial charge in [0.2, 0.25) is 5.91 Å². The van der Waals surface area contributed by atoms with E-state index in [1.807, 2.05) is 19.1 Å². The molecule has 0 atom stereocenters. The molecule has 0 spiro atoms. The SMILES string of the molecule is CCCCNC(=O)CN1CCN(c2ccc(C(=O)O)cc2NC(=O)c2ccccc2C)CC1. The summed E-state index contributed by atoms with van der Waals surface area (Å²) in [6.45, 7) is 7.76. The van der Waals surface area contributed by atoms with Crippen molar-refractivity contribution in [2.24, 2.45) is 0 Å². The van der Waals surface area contributed by atoms with Gasteiger partial charge in [0.05, 0.1) is 23.5 Å². The number of nitrogens with one attached hydrogen (secondary N) is 2.